The van der Waals surface area contributed by atoms with Crippen LogP contribution in [0.5, 0.6) is 5.75 Å². The number of pyridine rings is 1. The molecule has 0 bridgehead atoms. The zero-order valence-corrected chi connectivity index (χ0v) is 17.9. The number of anilines is 1. The second kappa shape index (κ2) is 10.3. The van der Waals surface area contributed by atoms with Crippen molar-refractivity contribution < 1.29 is 32.2 Å². The Morgan fingerprint density at radius 1 is 1.25 bits per heavy atom. The predicted octanol–water partition coefficient (Wildman–Crippen LogP) is 3.72. The van der Waals surface area contributed by atoms with Gasteiger partial charge in [-0.2, -0.15) is 0 Å². The third-order valence-corrected chi connectivity index (χ3v) is 5.13. The lowest BCUT2D eigenvalue weighted by Crippen LogP contribution is -2.47. The van der Waals surface area contributed by atoms with Crippen LogP contribution in [0.3, 0.4) is 0 Å². The number of aromatic nitrogens is 1. The van der Waals surface area contributed by atoms with Crippen LogP contribution in [0.2, 0.25) is 5.15 Å². The van der Waals surface area contributed by atoms with Crippen LogP contribution in [0.4, 0.5) is 18.9 Å². The van der Waals surface area contributed by atoms with Gasteiger partial charge in [0.15, 0.2) is 11.5 Å². The van der Waals surface area contributed by atoms with Gasteiger partial charge in [0.2, 0.25) is 5.91 Å². The van der Waals surface area contributed by atoms with Gasteiger partial charge in [-0.1, -0.05) is 17.7 Å². The van der Waals surface area contributed by atoms with Crippen molar-refractivity contribution in [3.63, 3.8) is 0 Å². The Morgan fingerprint density at radius 2 is 1.97 bits per heavy atom. The predicted molar refractivity (Wildman–Crippen MR) is 111 cm³/mol. The first-order valence-electron chi connectivity index (χ1n) is 9.78. The molecule has 1 aromatic carbocycles. The molecule has 32 heavy (non-hydrogen) atoms. The fourth-order valence-corrected chi connectivity index (χ4v) is 3.29. The molecule has 1 N–H and O–H groups in total. The van der Waals surface area contributed by atoms with Gasteiger partial charge < -0.3 is 14.8 Å². The topological polar surface area (TPSA) is 80.8 Å². The van der Waals surface area contributed by atoms with Gasteiger partial charge in [-0.25, -0.2) is 4.98 Å². The maximum absolute atomic E-state index is 12.8. The molecule has 11 heteroatoms. The van der Waals surface area contributed by atoms with Crippen LogP contribution in [0, 0.1) is 0 Å². The second-order valence-electron chi connectivity index (χ2n) is 7.16. The maximum atomic E-state index is 12.8. The highest BCUT2D eigenvalue weighted by atomic mass is 35.5. The van der Waals surface area contributed by atoms with Gasteiger partial charge in [-0.3, -0.25) is 14.5 Å². The molecule has 0 aliphatic carbocycles. The SMILES string of the molecule is CC(C(=O)Nc1cc(C(=O)Cc2ccc(Cl)nc2)ccc1OC(F)(F)F)N1CCOCC1. The molecular weight excluding hydrogens is 451 g/mol. The van der Waals surface area contributed by atoms with Gasteiger partial charge in [0.25, 0.3) is 0 Å². The fourth-order valence-electron chi connectivity index (χ4n) is 3.18. The molecule has 3 rings (SSSR count). The summed E-state index contributed by atoms with van der Waals surface area (Å²) in [5.41, 5.74) is 0.456. The smallest absolute Gasteiger partial charge is 0.404 e. The molecule has 1 aromatic heterocycles. The third kappa shape index (κ3) is 6.65. The summed E-state index contributed by atoms with van der Waals surface area (Å²) in [5, 5.41) is 2.74. The number of nitrogens with one attached hydrogen (secondary N) is 1. The van der Waals surface area contributed by atoms with E-state index in [2.05, 4.69) is 15.0 Å². The quantitative estimate of drug-likeness (QED) is 0.490. The van der Waals surface area contributed by atoms with Gasteiger partial charge in [-0.15, -0.1) is 13.2 Å². The number of benzene rings is 1. The highest BCUT2D eigenvalue weighted by Gasteiger charge is 2.33. The molecule has 0 radical (unpaired) electrons. The van der Waals surface area contributed by atoms with Crippen LogP contribution < -0.4 is 10.1 Å². The Morgan fingerprint density at radius 3 is 2.59 bits per heavy atom. The van der Waals surface area contributed by atoms with Crippen molar-refractivity contribution in [1.29, 1.82) is 0 Å². The van der Waals surface area contributed by atoms with E-state index in [9.17, 15) is 22.8 Å². The standard InChI is InChI=1S/C21H21ClF3N3O4/c1-13(28-6-8-31-9-7-28)20(30)27-16-11-15(3-4-18(16)32-21(23,24)25)17(29)10-14-2-5-19(22)26-12-14/h2-5,11-13H,6-10H2,1H3,(H,27,30). The molecular formula is C21H21ClF3N3O4. The summed E-state index contributed by atoms with van der Waals surface area (Å²) >= 11 is 5.73. The monoisotopic (exact) mass is 471 g/mol. The van der Waals surface area contributed by atoms with Crippen molar-refractivity contribution in [3.05, 3.63) is 52.8 Å². The average molecular weight is 472 g/mol. The molecule has 1 unspecified atom stereocenters. The number of alkyl halides is 3. The van der Waals surface area contributed by atoms with E-state index < -0.39 is 24.1 Å². The summed E-state index contributed by atoms with van der Waals surface area (Å²) in [7, 11) is 0. The van der Waals surface area contributed by atoms with Gasteiger partial charge in [0.05, 0.1) is 24.9 Å². The fraction of sp³-hybridized carbons (Fsp3) is 0.381. The third-order valence-electron chi connectivity index (χ3n) is 4.91. The minimum Gasteiger partial charge on any atom is -0.404 e. The molecule has 1 saturated heterocycles. The summed E-state index contributed by atoms with van der Waals surface area (Å²) < 4.78 is 47.8. The maximum Gasteiger partial charge on any atom is 0.573 e. The molecule has 2 heterocycles. The molecule has 1 amide bonds. The van der Waals surface area contributed by atoms with Gasteiger partial charge in [0, 0.05) is 31.3 Å². The van der Waals surface area contributed by atoms with Crippen LogP contribution in [0.15, 0.2) is 36.5 Å². The molecule has 172 valence electrons. The largest absolute Gasteiger partial charge is 0.573 e. The molecule has 0 saturated carbocycles. The van der Waals surface area contributed by atoms with Crippen molar-refractivity contribution >= 4 is 29.0 Å². The Balaban J connectivity index is 1.81. The number of ether oxygens (including phenoxy) is 2. The van der Waals surface area contributed by atoms with E-state index in [1.165, 1.54) is 24.4 Å². The molecule has 2 aromatic rings. The Bertz CT molecular complexity index is 964. The van der Waals surface area contributed by atoms with Crippen LogP contribution in [-0.2, 0) is 16.0 Å². The van der Waals surface area contributed by atoms with E-state index in [0.717, 1.165) is 6.07 Å². The number of halogens is 4. The zero-order valence-electron chi connectivity index (χ0n) is 17.1. The van der Waals surface area contributed by atoms with E-state index >= 15 is 0 Å². The highest BCUT2D eigenvalue weighted by Crippen LogP contribution is 2.32. The second-order valence-corrected chi connectivity index (χ2v) is 7.55. The van der Waals surface area contributed by atoms with Crippen molar-refractivity contribution in [2.24, 2.45) is 0 Å². The number of hydrogen-bond acceptors (Lipinski definition) is 6. The minimum absolute atomic E-state index is 0.0405. The number of ketones is 1. The summed E-state index contributed by atoms with van der Waals surface area (Å²) in [6, 6.07) is 5.95. The van der Waals surface area contributed by atoms with Crippen LogP contribution in [0.25, 0.3) is 0 Å². The van der Waals surface area contributed by atoms with Crippen molar-refractivity contribution in [1.82, 2.24) is 9.88 Å². The zero-order chi connectivity index (χ0) is 23.3. The minimum atomic E-state index is -4.96. The number of hydrogen-bond donors (Lipinski definition) is 1. The van der Waals surface area contributed by atoms with E-state index in [-0.39, 0.29) is 28.6 Å². The van der Waals surface area contributed by atoms with Gasteiger partial charge in [-0.05, 0) is 36.8 Å². The molecule has 1 aliphatic rings. The van der Waals surface area contributed by atoms with Gasteiger partial charge in [0.1, 0.15) is 5.15 Å². The number of nitrogens with zero attached hydrogens (tertiary/aromatic N) is 2. The summed E-state index contributed by atoms with van der Waals surface area (Å²) in [6.07, 6.45) is -3.56. The molecule has 7 nitrogen and oxygen atoms in total. The van der Waals surface area contributed by atoms with Crippen molar-refractivity contribution in [2.75, 3.05) is 31.6 Å². The summed E-state index contributed by atoms with van der Waals surface area (Å²) in [6.45, 7) is 3.61. The summed E-state index contributed by atoms with van der Waals surface area (Å²) in [4.78, 5) is 31.1. The number of rotatable bonds is 7. The average Bonchev–Trinajstić information content (AvgIpc) is 2.75. The van der Waals surface area contributed by atoms with Crippen LogP contribution in [-0.4, -0.2) is 60.3 Å². The lowest BCUT2D eigenvalue weighted by molar-refractivity contribution is -0.274. The highest BCUT2D eigenvalue weighted by molar-refractivity contribution is 6.29. The number of amides is 1. The Hall–Kier alpha value is -2.69. The molecule has 1 fully saturated rings. The van der Waals surface area contributed by atoms with E-state index in [1.54, 1.807) is 13.0 Å². The first kappa shape index (κ1) is 24.0. The van der Waals surface area contributed by atoms with E-state index in [4.69, 9.17) is 16.3 Å². The number of carbonyl (C=O) groups excluding carboxylic acids is 2. The first-order chi connectivity index (χ1) is 15.1. The Kier molecular flexibility index (Phi) is 7.70. The van der Waals surface area contributed by atoms with Gasteiger partial charge >= 0.3 is 6.36 Å². The normalized spacial score (nSPS) is 15.8. The molecule has 0 spiro atoms. The van der Waals surface area contributed by atoms with E-state index in [1.807, 2.05) is 4.90 Å². The lowest BCUT2D eigenvalue weighted by Gasteiger charge is -2.31. The van der Waals surface area contributed by atoms with Crippen molar-refractivity contribution in [3.8, 4) is 5.75 Å². The van der Waals surface area contributed by atoms with E-state index in [0.29, 0.717) is 31.9 Å². The first-order valence-corrected chi connectivity index (χ1v) is 10.2. The number of Topliss-reactive ketones (excluding diaryl/α,β-unsaturated/α-hetero) is 1. The number of carbonyl (C=O) groups is 2. The number of morpholine rings is 1. The van der Waals surface area contributed by atoms with Crippen LogP contribution in [0.1, 0.15) is 22.8 Å². The molecule has 1 aliphatic heterocycles. The van der Waals surface area contributed by atoms with Crippen molar-refractivity contribution in [2.45, 2.75) is 25.7 Å². The Labute approximate surface area is 187 Å². The van der Waals surface area contributed by atoms with Crippen LogP contribution >= 0.6 is 11.6 Å². The molecule has 1 atom stereocenters. The summed E-state index contributed by atoms with van der Waals surface area (Å²) in [5.74, 6) is -1.50. The lowest BCUT2D eigenvalue weighted by atomic mass is 10.0.